The van der Waals surface area contributed by atoms with E-state index in [4.69, 9.17) is 4.52 Å². The number of pyridine rings is 1. The second kappa shape index (κ2) is 7.00. The van der Waals surface area contributed by atoms with Gasteiger partial charge in [0.1, 0.15) is 17.0 Å². The molecule has 0 bridgehead atoms. The van der Waals surface area contributed by atoms with E-state index in [0.717, 1.165) is 24.3 Å². The summed E-state index contributed by atoms with van der Waals surface area (Å²) in [6.45, 7) is 4.71. The number of piperazine rings is 1. The Morgan fingerprint density at radius 1 is 1.00 bits per heavy atom. The number of hydrogen-bond acceptors (Lipinski definition) is 5. The molecule has 1 aliphatic heterocycles. The molecule has 0 radical (unpaired) electrons. The van der Waals surface area contributed by atoms with Gasteiger partial charge in [-0.15, -0.1) is 0 Å². The molecular formula is C20H20N4O2. The molecule has 3 heterocycles. The largest absolute Gasteiger partial charge is 0.368 e. The zero-order chi connectivity index (χ0) is 17.9. The van der Waals surface area contributed by atoms with Crippen LogP contribution in [-0.4, -0.2) is 47.1 Å². The molecule has 26 heavy (non-hydrogen) atoms. The van der Waals surface area contributed by atoms with Crippen LogP contribution in [0.3, 0.4) is 0 Å². The van der Waals surface area contributed by atoms with Gasteiger partial charge in [-0.2, -0.15) is 0 Å². The highest BCUT2D eigenvalue weighted by Gasteiger charge is 2.28. The molecule has 1 fully saturated rings. The van der Waals surface area contributed by atoms with E-state index in [1.54, 1.807) is 19.3 Å². The Morgan fingerprint density at radius 3 is 2.38 bits per heavy atom. The summed E-state index contributed by atoms with van der Waals surface area (Å²) in [7, 11) is 0. The van der Waals surface area contributed by atoms with Crippen molar-refractivity contribution in [2.75, 3.05) is 31.1 Å². The van der Waals surface area contributed by atoms with E-state index < -0.39 is 0 Å². The third-order valence-corrected chi connectivity index (χ3v) is 4.72. The number of aryl methyl sites for hydroxylation is 1. The lowest BCUT2D eigenvalue weighted by Crippen LogP contribution is -2.49. The van der Waals surface area contributed by atoms with Gasteiger partial charge in [0.15, 0.2) is 0 Å². The first kappa shape index (κ1) is 16.3. The van der Waals surface area contributed by atoms with Gasteiger partial charge < -0.3 is 14.3 Å². The molecule has 0 N–H and O–H groups in total. The predicted octanol–water partition coefficient (Wildman–Crippen LogP) is 3.01. The molecule has 1 aliphatic rings. The maximum absolute atomic E-state index is 13.1. The first-order valence-electron chi connectivity index (χ1n) is 8.70. The number of amides is 1. The third-order valence-electron chi connectivity index (χ3n) is 4.72. The summed E-state index contributed by atoms with van der Waals surface area (Å²) in [6.07, 6.45) is 3.58. The summed E-state index contributed by atoms with van der Waals surface area (Å²) in [5.41, 5.74) is 3.21. The molecule has 1 saturated heterocycles. The molecule has 1 aromatic carbocycles. The lowest BCUT2D eigenvalue weighted by atomic mass is 10.0. The highest BCUT2D eigenvalue weighted by molar-refractivity contribution is 6.00. The van der Waals surface area contributed by atoms with Gasteiger partial charge in [-0.05, 0) is 19.1 Å². The monoisotopic (exact) mass is 348 g/mol. The Balaban J connectivity index is 1.52. The van der Waals surface area contributed by atoms with Crippen LogP contribution in [0.2, 0.25) is 0 Å². The van der Waals surface area contributed by atoms with Crippen molar-refractivity contribution in [2.24, 2.45) is 0 Å². The summed E-state index contributed by atoms with van der Waals surface area (Å²) in [5, 5.41) is 4.12. The van der Waals surface area contributed by atoms with Gasteiger partial charge in [-0.25, -0.2) is 0 Å². The summed E-state index contributed by atoms with van der Waals surface area (Å²) < 4.78 is 5.34. The molecule has 0 spiro atoms. The molecular weight excluding hydrogens is 328 g/mol. The fourth-order valence-electron chi connectivity index (χ4n) is 3.30. The van der Waals surface area contributed by atoms with Crippen molar-refractivity contribution in [3.8, 4) is 11.3 Å². The highest BCUT2D eigenvalue weighted by atomic mass is 16.5. The molecule has 2 aromatic heterocycles. The van der Waals surface area contributed by atoms with E-state index in [-0.39, 0.29) is 5.91 Å². The SMILES string of the molecule is Cc1onc(-c2ccccc2)c1C(=O)N1CCN(c2ccncc2)CC1. The Kier molecular flexibility index (Phi) is 4.39. The van der Waals surface area contributed by atoms with Gasteiger partial charge in [-0.3, -0.25) is 9.78 Å². The average Bonchev–Trinajstić information content (AvgIpc) is 3.10. The number of aromatic nitrogens is 2. The van der Waals surface area contributed by atoms with Gasteiger partial charge in [-0.1, -0.05) is 35.5 Å². The van der Waals surface area contributed by atoms with Crippen LogP contribution in [0.4, 0.5) is 5.69 Å². The second-order valence-corrected chi connectivity index (χ2v) is 6.31. The molecule has 0 atom stereocenters. The van der Waals surface area contributed by atoms with Crippen LogP contribution < -0.4 is 4.90 Å². The van der Waals surface area contributed by atoms with Crippen molar-refractivity contribution in [2.45, 2.75) is 6.92 Å². The molecule has 0 saturated carbocycles. The van der Waals surface area contributed by atoms with Crippen molar-refractivity contribution >= 4 is 11.6 Å². The smallest absolute Gasteiger partial charge is 0.259 e. The topological polar surface area (TPSA) is 62.5 Å². The van der Waals surface area contributed by atoms with Gasteiger partial charge in [0.2, 0.25) is 0 Å². The van der Waals surface area contributed by atoms with E-state index in [1.165, 1.54) is 0 Å². The number of carbonyl (C=O) groups excluding carboxylic acids is 1. The summed E-state index contributed by atoms with van der Waals surface area (Å²) in [4.78, 5) is 21.3. The normalized spacial score (nSPS) is 14.5. The van der Waals surface area contributed by atoms with Crippen LogP contribution in [0, 0.1) is 6.92 Å². The van der Waals surface area contributed by atoms with Crippen molar-refractivity contribution in [1.82, 2.24) is 15.0 Å². The summed E-state index contributed by atoms with van der Waals surface area (Å²) >= 11 is 0. The Hall–Kier alpha value is -3.15. The number of benzene rings is 1. The standard InChI is InChI=1S/C20H20N4O2/c1-15-18(19(22-26-15)16-5-3-2-4-6-16)20(25)24-13-11-23(12-14-24)17-7-9-21-10-8-17/h2-10H,11-14H2,1H3. The lowest BCUT2D eigenvalue weighted by molar-refractivity contribution is 0.0745. The number of carbonyl (C=O) groups is 1. The summed E-state index contributed by atoms with van der Waals surface area (Å²) in [6, 6.07) is 13.7. The van der Waals surface area contributed by atoms with E-state index in [1.807, 2.05) is 47.4 Å². The Bertz CT molecular complexity index is 885. The van der Waals surface area contributed by atoms with Crippen LogP contribution in [0.1, 0.15) is 16.1 Å². The maximum Gasteiger partial charge on any atom is 0.259 e. The molecule has 0 unspecified atom stereocenters. The minimum Gasteiger partial charge on any atom is -0.368 e. The van der Waals surface area contributed by atoms with Crippen molar-refractivity contribution < 1.29 is 9.32 Å². The molecule has 6 nitrogen and oxygen atoms in total. The van der Waals surface area contributed by atoms with Crippen LogP contribution in [0.15, 0.2) is 59.4 Å². The highest BCUT2D eigenvalue weighted by Crippen LogP contribution is 2.27. The molecule has 3 aromatic rings. The molecule has 4 rings (SSSR count). The number of hydrogen-bond donors (Lipinski definition) is 0. The van der Waals surface area contributed by atoms with Crippen molar-refractivity contribution in [3.05, 3.63) is 66.2 Å². The molecule has 0 aliphatic carbocycles. The van der Waals surface area contributed by atoms with Crippen molar-refractivity contribution in [1.29, 1.82) is 0 Å². The van der Waals surface area contributed by atoms with Crippen molar-refractivity contribution in [3.63, 3.8) is 0 Å². The Labute approximate surface area is 152 Å². The number of rotatable bonds is 3. The van der Waals surface area contributed by atoms with Gasteiger partial charge in [0, 0.05) is 49.8 Å². The maximum atomic E-state index is 13.1. The van der Waals surface area contributed by atoms with Crippen LogP contribution in [-0.2, 0) is 0 Å². The van der Waals surface area contributed by atoms with E-state index in [0.29, 0.717) is 30.1 Å². The van der Waals surface area contributed by atoms with Gasteiger partial charge in [0.05, 0.1) is 0 Å². The van der Waals surface area contributed by atoms with Gasteiger partial charge >= 0.3 is 0 Å². The zero-order valence-electron chi connectivity index (χ0n) is 14.6. The van der Waals surface area contributed by atoms with E-state index >= 15 is 0 Å². The third kappa shape index (κ3) is 3.06. The van der Waals surface area contributed by atoms with Crippen LogP contribution in [0.25, 0.3) is 11.3 Å². The zero-order valence-corrected chi connectivity index (χ0v) is 14.6. The van der Waals surface area contributed by atoms with E-state index in [2.05, 4.69) is 15.0 Å². The molecule has 1 amide bonds. The first-order chi connectivity index (χ1) is 12.7. The van der Waals surface area contributed by atoms with E-state index in [9.17, 15) is 4.79 Å². The minimum atomic E-state index is -0.0167. The van der Waals surface area contributed by atoms with Gasteiger partial charge in [0.25, 0.3) is 5.91 Å². The first-order valence-corrected chi connectivity index (χ1v) is 8.70. The predicted molar refractivity (Wildman–Crippen MR) is 99.0 cm³/mol. The molecule has 6 heteroatoms. The van der Waals surface area contributed by atoms with Crippen LogP contribution in [0.5, 0.6) is 0 Å². The number of anilines is 1. The quantitative estimate of drug-likeness (QED) is 0.728. The minimum absolute atomic E-state index is 0.0167. The summed E-state index contributed by atoms with van der Waals surface area (Å²) in [5.74, 6) is 0.544. The number of nitrogens with zero attached hydrogens (tertiary/aromatic N) is 4. The van der Waals surface area contributed by atoms with Crippen LogP contribution >= 0.6 is 0 Å². The fraction of sp³-hybridized carbons (Fsp3) is 0.250. The average molecular weight is 348 g/mol. The lowest BCUT2D eigenvalue weighted by Gasteiger charge is -2.36. The fourth-order valence-corrected chi connectivity index (χ4v) is 3.30. The molecule has 132 valence electrons. The second-order valence-electron chi connectivity index (χ2n) is 6.31. The Morgan fingerprint density at radius 2 is 1.69 bits per heavy atom.